The summed E-state index contributed by atoms with van der Waals surface area (Å²) in [6.07, 6.45) is 5.38. The first-order valence-electron chi connectivity index (χ1n) is 36.6. The lowest BCUT2D eigenvalue weighted by Gasteiger charge is -2.34. The van der Waals surface area contributed by atoms with Gasteiger partial charge in [0.15, 0.2) is 0 Å². The van der Waals surface area contributed by atoms with E-state index < -0.39 is 0 Å². The largest absolute Gasteiger partial charge is 0.0725 e. The summed E-state index contributed by atoms with van der Waals surface area (Å²) in [5, 5.41) is 0. The number of fused-ring (bicyclic) bond motifs is 14. The van der Waals surface area contributed by atoms with Crippen molar-refractivity contribution >= 4 is 0 Å². The first-order valence-corrected chi connectivity index (χ1v) is 36.6. The van der Waals surface area contributed by atoms with Gasteiger partial charge in [0.25, 0.3) is 0 Å². The Morgan fingerprint density at radius 1 is 0.238 bits per heavy atom. The third kappa shape index (κ3) is 15.6. The van der Waals surface area contributed by atoms with Crippen molar-refractivity contribution in [1.82, 2.24) is 0 Å². The molecule has 1 spiro atoms. The quantitative estimate of drug-likeness (QED) is 0.162. The first kappa shape index (κ1) is 72.1. The zero-order valence-electron chi connectivity index (χ0n) is 63.0. The van der Waals surface area contributed by atoms with E-state index in [1.54, 1.807) is 11.1 Å². The van der Waals surface area contributed by atoms with E-state index in [0.29, 0.717) is 0 Å². The van der Waals surface area contributed by atoms with Crippen LogP contribution in [0.15, 0.2) is 291 Å². The molecular formula is C101H104. The topological polar surface area (TPSA) is 0 Å². The maximum absolute atomic E-state index is 2.40. The van der Waals surface area contributed by atoms with Gasteiger partial charge < -0.3 is 0 Å². The molecule has 0 unspecified atom stereocenters. The maximum atomic E-state index is 2.40. The van der Waals surface area contributed by atoms with Crippen LogP contribution in [0.3, 0.4) is 0 Å². The van der Waals surface area contributed by atoms with E-state index >= 15 is 0 Å². The third-order valence-corrected chi connectivity index (χ3v) is 21.0. The molecule has 13 aromatic carbocycles. The Hall–Kier alpha value is -10.1. The van der Waals surface area contributed by atoms with Gasteiger partial charge in [-0.1, -0.05) is 362 Å². The molecule has 0 aromatic heterocycles. The Bertz CT molecular complexity index is 4670. The van der Waals surface area contributed by atoms with E-state index in [4.69, 9.17) is 0 Å². The molecule has 4 aliphatic carbocycles. The van der Waals surface area contributed by atoms with Gasteiger partial charge in [-0.3, -0.25) is 0 Å². The minimum atomic E-state index is -0.263. The second-order valence-electron chi connectivity index (χ2n) is 29.9. The van der Waals surface area contributed by atoms with Crippen LogP contribution in [0.5, 0.6) is 0 Å². The number of hydrogen-bond donors (Lipinski definition) is 0. The van der Waals surface area contributed by atoms with Crippen LogP contribution in [0, 0.1) is 90.0 Å². The number of rotatable bonds is 2. The Labute approximate surface area is 607 Å². The van der Waals surface area contributed by atoms with Crippen LogP contribution in [0.2, 0.25) is 0 Å². The van der Waals surface area contributed by atoms with E-state index in [1.807, 2.05) is 0 Å². The predicted octanol–water partition coefficient (Wildman–Crippen LogP) is 26.7. The molecule has 0 heterocycles. The fourth-order valence-corrected chi connectivity index (χ4v) is 15.9. The van der Waals surface area contributed by atoms with Crippen LogP contribution in [0.25, 0.3) is 33.4 Å². The SMILES string of the molecule is Cc1cc(C)c(C)c(C)c1.Cc1cc(C)cc(C)c1.Cc1ccc(C(C)(C)C)cc1.Cc1ccc(C)cc1.Cc1ccc2c(c1)C(c1ccccc1)(c1ccccc1)c1ccccc1-2.Cc1ccc2c(c1)C1(c3ccccc3-c3ccccc31)c1ccccc1-2.Cc1cccc2c1CCCC2. The van der Waals surface area contributed by atoms with Gasteiger partial charge >= 0.3 is 0 Å². The maximum Gasteiger partial charge on any atom is 0.0725 e. The molecule has 0 saturated carbocycles. The highest BCUT2D eigenvalue weighted by atomic mass is 14.5. The lowest BCUT2D eigenvalue weighted by atomic mass is 9.67. The van der Waals surface area contributed by atoms with Gasteiger partial charge in [-0.25, -0.2) is 0 Å². The standard InChI is InChI=1S/C26H18.C26H20.C11H14.C11H16.C10H14.C9H12.C8H10/c1-17-14-15-21-20-10-4-7-13-24(20)26(25(21)16-17)22-11-5-2-8-18(22)19-9-3-6-12-23(19)26;1-19-16-17-23-22-14-8-9-15-24(22)26(25(23)18-19,20-10-4-2-5-11-20)21-12-6-3-7-13-21;1-9-5-4-7-10-6-2-3-8-11(9)10;1-9-5-7-10(8-6-9)11(2,3)4;1-7-5-8(2)10(4)9(3)6-7;1-7-4-8(2)6-9(3)5-7;1-7-3-5-8(2)6-4-7/h2-16H,1H3;2-18H,1H3;4-5,7H,2-3,6,8H2,1H3;5-8H,1-4H3;5-6H,1-4H3;4-6H,1-3H3;3-6H,1-2H3. The number of hydrogen-bond acceptors (Lipinski definition) is 0. The second kappa shape index (κ2) is 31.6. The Morgan fingerprint density at radius 2 is 0.564 bits per heavy atom. The molecule has 4 aliphatic rings. The summed E-state index contributed by atoms with van der Waals surface area (Å²) in [4.78, 5) is 0. The van der Waals surface area contributed by atoms with Crippen molar-refractivity contribution in [3.05, 3.63) is 425 Å². The lowest BCUT2D eigenvalue weighted by Crippen LogP contribution is -2.28. The second-order valence-corrected chi connectivity index (χ2v) is 29.9. The molecule has 0 fully saturated rings. The summed E-state index contributed by atoms with van der Waals surface area (Å²) in [5.74, 6) is 0. The summed E-state index contributed by atoms with van der Waals surface area (Å²) in [6.45, 7) is 34.6. The van der Waals surface area contributed by atoms with Gasteiger partial charge in [-0.15, -0.1) is 0 Å². The molecule has 0 N–H and O–H groups in total. The predicted molar refractivity (Wildman–Crippen MR) is 436 cm³/mol. The molecule has 0 heteroatoms. The molecule has 0 amide bonds. The summed E-state index contributed by atoms with van der Waals surface area (Å²) >= 11 is 0. The van der Waals surface area contributed by atoms with Crippen molar-refractivity contribution in [1.29, 1.82) is 0 Å². The lowest BCUT2D eigenvalue weighted by molar-refractivity contribution is 0.590. The molecule has 13 aromatic rings. The highest BCUT2D eigenvalue weighted by Gasteiger charge is 2.51. The highest BCUT2D eigenvalue weighted by molar-refractivity contribution is 5.95. The molecule has 508 valence electrons. The first-order chi connectivity index (χ1) is 48.6. The zero-order chi connectivity index (χ0) is 71.6. The molecule has 0 bridgehead atoms. The van der Waals surface area contributed by atoms with Crippen molar-refractivity contribution in [3.63, 3.8) is 0 Å². The number of benzene rings is 13. The average Bonchev–Trinajstić information content (AvgIpc) is 1.52. The monoisotopic (exact) mass is 1320 g/mol. The van der Waals surface area contributed by atoms with Crippen LogP contribution >= 0.6 is 0 Å². The van der Waals surface area contributed by atoms with Gasteiger partial charge in [0.1, 0.15) is 0 Å². The van der Waals surface area contributed by atoms with Crippen molar-refractivity contribution < 1.29 is 0 Å². The van der Waals surface area contributed by atoms with Gasteiger partial charge in [0, 0.05) is 0 Å². The number of aryl methyl sites for hydroxylation is 13. The minimum absolute atomic E-state index is 0.189. The van der Waals surface area contributed by atoms with Crippen molar-refractivity contribution in [2.24, 2.45) is 0 Å². The van der Waals surface area contributed by atoms with Crippen molar-refractivity contribution in [2.75, 3.05) is 0 Å². The Balaban J connectivity index is 0.000000126. The highest BCUT2D eigenvalue weighted by Crippen LogP contribution is 2.63. The normalized spacial score (nSPS) is 13.0. The van der Waals surface area contributed by atoms with E-state index in [1.165, 1.54) is 181 Å². The smallest absolute Gasteiger partial charge is 0.0622 e. The van der Waals surface area contributed by atoms with Crippen LogP contribution in [0.4, 0.5) is 0 Å². The van der Waals surface area contributed by atoms with E-state index in [9.17, 15) is 0 Å². The van der Waals surface area contributed by atoms with Crippen molar-refractivity contribution in [3.8, 4) is 33.4 Å². The average molecular weight is 1320 g/mol. The van der Waals surface area contributed by atoms with Crippen LogP contribution in [-0.4, -0.2) is 0 Å². The Kier molecular flexibility index (Phi) is 22.6. The van der Waals surface area contributed by atoms with Gasteiger partial charge in [0.2, 0.25) is 0 Å². The minimum Gasteiger partial charge on any atom is -0.0622 e. The van der Waals surface area contributed by atoms with Crippen LogP contribution in [0.1, 0.15) is 167 Å². The molecule has 0 aliphatic heterocycles. The summed E-state index contributed by atoms with van der Waals surface area (Å²) in [6, 6.07) is 106. The molecule has 0 nitrogen and oxygen atoms in total. The molecule has 0 atom stereocenters. The van der Waals surface area contributed by atoms with Gasteiger partial charge in [0.05, 0.1) is 10.8 Å². The Morgan fingerprint density at radius 3 is 0.960 bits per heavy atom. The third-order valence-electron chi connectivity index (χ3n) is 21.0. The van der Waals surface area contributed by atoms with E-state index in [0.717, 1.165) is 0 Å². The van der Waals surface area contributed by atoms with Crippen LogP contribution in [-0.2, 0) is 29.1 Å². The summed E-state index contributed by atoms with van der Waals surface area (Å²) in [5.41, 5.74) is 41.4. The van der Waals surface area contributed by atoms with Crippen LogP contribution < -0.4 is 0 Å². The fraction of sp³-hybridized carbons (Fsp3) is 0.228. The summed E-state index contributed by atoms with van der Waals surface area (Å²) < 4.78 is 0. The van der Waals surface area contributed by atoms with Gasteiger partial charge in [-0.05, 0) is 238 Å². The molecule has 0 radical (unpaired) electrons. The zero-order valence-corrected chi connectivity index (χ0v) is 63.0. The van der Waals surface area contributed by atoms with E-state index in [2.05, 4.69) is 402 Å². The molecule has 0 saturated heterocycles. The molecule has 17 rings (SSSR count). The van der Waals surface area contributed by atoms with E-state index in [-0.39, 0.29) is 16.2 Å². The summed E-state index contributed by atoms with van der Waals surface area (Å²) in [7, 11) is 0. The van der Waals surface area contributed by atoms with Gasteiger partial charge in [-0.2, -0.15) is 0 Å². The molecule has 101 heavy (non-hydrogen) atoms. The molecular weight excluding hydrogens is 1210 g/mol. The van der Waals surface area contributed by atoms with Crippen molar-refractivity contribution in [2.45, 2.75) is 153 Å². The fourth-order valence-electron chi connectivity index (χ4n) is 15.9.